The lowest BCUT2D eigenvalue weighted by Gasteiger charge is -2.23. The Morgan fingerprint density at radius 1 is 1.11 bits per heavy atom. The SMILES string of the molecule is O=C(O)C(F)(F)F.O=C(O)C(F)(F)F.c1cncc(OCc2ncn3c2CN(CC2CCOC2)CCC3)c1. The second kappa shape index (κ2) is 13.9. The predicted octanol–water partition coefficient (Wildman–Crippen LogP) is 3.37. The molecule has 0 radical (unpaired) electrons. The molecule has 0 spiro atoms. The average Bonchev–Trinajstić information content (AvgIpc) is 3.43. The number of halogens is 6. The van der Waals surface area contributed by atoms with E-state index in [-0.39, 0.29) is 0 Å². The van der Waals surface area contributed by atoms with E-state index in [2.05, 4.69) is 19.4 Å². The van der Waals surface area contributed by atoms with Crippen molar-refractivity contribution in [2.45, 2.75) is 44.9 Å². The summed E-state index contributed by atoms with van der Waals surface area (Å²) >= 11 is 0. The number of aryl methyl sites for hydroxylation is 1. The Morgan fingerprint density at radius 2 is 1.76 bits per heavy atom. The maximum atomic E-state index is 10.6. The zero-order valence-electron chi connectivity index (χ0n) is 19.9. The number of aromatic nitrogens is 3. The first-order valence-electron chi connectivity index (χ1n) is 11.2. The van der Waals surface area contributed by atoms with Gasteiger partial charge in [0.2, 0.25) is 0 Å². The second-order valence-corrected chi connectivity index (χ2v) is 8.23. The molecule has 2 N–H and O–H groups in total. The zero-order chi connectivity index (χ0) is 28.3. The van der Waals surface area contributed by atoms with Gasteiger partial charge in [0.05, 0.1) is 24.8 Å². The topological polar surface area (TPSA) is 127 Å². The van der Waals surface area contributed by atoms with Gasteiger partial charge in [-0.15, -0.1) is 0 Å². The van der Waals surface area contributed by atoms with Crippen LogP contribution in [0.3, 0.4) is 0 Å². The van der Waals surface area contributed by atoms with Gasteiger partial charge in [0.15, 0.2) is 0 Å². The quantitative estimate of drug-likeness (QED) is 0.533. The molecule has 2 aliphatic heterocycles. The minimum atomic E-state index is -5.08. The Kier molecular flexibility index (Phi) is 11.3. The van der Waals surface area contributed by atoms with Gasteiger partial charge < -0.3 is 24.3 Å². The molecule has 4 heterocycles. The summed E-state index contributed by atoms with van der Waals surface area (Å²) in [6.45, 7) is 6.56. The van der Waals surface area contributed by atoms with Crippen molar-refractivity contribution in [1.82, 2.24) is 19.4 Å². The molecule has 0 saturated carbocycles. The van der Waals surface area contributed by atoms with Crippen LogP contribution in [0.25, 0.3) is 0 Å². The molecular weight excluding hydrogens is 530 g/mol. The molecule has 16 heteroatoms. The van der Waals surface area contributed by atoms with Crippen LogP contribution in [0.1, 0.15) is 24.2 Å². The van der Waals surface area contributed by atoms with Gasteiger partial charge in [0, 0.05) is 39.0 Å². The molecule has 38 heavy (non-hydrogen) atoms. The van der Waals surface area contributed by atoms with Crippen molar-refractivity contribution in [3.05, 3.63) is 42.2 Å². The molecule has 1 fully saturated rings. The molecule has 10 nitrogen and oxygen atoms in total. The molecule has 1 saturated heterocycles. The standard InChI is InChI=1S/C18H24N4O2.2C2HF3O2/c1-3-16(9-19-5-1)24-13-17-18-11-21(10-15-4-8-23-12-15)6-2-7-22(18)14-20-17;2*3-2(4,5)1(6)7/h1,3,5,9,14-15H,2,4,6-8,10-13H2;2*(H,6,7). The van der Waals surface area contributed by atoms with Crippen LogP contribution in [0.4, 0.5) is 26.3 Å². The fourth-order valence-electron chi connectivity index (χ4n) is 3.53. The van der Waals surface area contributed by atoms with E-state index in [1.165, 1.54) is 18.5 Å². The zero-order valence-corrected chi connectivity index (χ0v) is 19.9. The van der Waals surface area contributed by atoms with Crippen LogP contribution in [0, 0.1) is 5.92 Å². The Morgan fingerprint density at radius 3 is 2.29 bits per heavy atom. The third kappa shape index (κ3) is 10.5. The van der Waals surface area contributed by atoms with Crippen molar-refractivity contribution in [2.75, 3.05) is 26.3 Å². The Labute approximate surface area is 212 Å². The summed E-state index contributed by atoms with van der Waals surface area (Å²) in [6.07, 6.45) is -2.37. The Hall–Kier alpha value is -3.40. The number of pyridine rings is 1. The number of carboxylic acids is 2. The van der Waals surface area contributed by atoms with Crippen molar-refractivity contribution in [2.24, 2.45) is 5.92 Å². The van der Waals surface area contributed by atoms with Crippen molar-refractivity contribution >= 4 is 11.9 Å². The predicted molar refractivity (Wildman–Crippen MR) is 117 cm³/mol. The molecule has 0 aromatic carbocycles. The summed E-state index contributed by atoms with van der Waals surface area (Å²) < 4.78 is 77.1. The second-order valence-electron chi connectivity index (χ2n) is 8.23. The minimum absolute atomic E-state index is 0.494. The lowest BCUT2D eigenvalue weighted by Crippen LogP contribution is -2.30. The van der Waals surface area contributed by atoms with Crippen LogP contribution in [0.5, 0.6) is 5.75 Å². The van der Waals surface area contributed by atoms with E-state index in [1.54, 1.807) is 12.4 Å². The number of nitrogens with zero attached hydrogens (tertiary/aromatic N) is 4. The normalized spacial score (nSPS) is 17.7. The maximum absolute atomic E-state index is 10.6. The lowest BCUT2D eigenvalue weighted by molar-refractivity contribution is -0.193. The van der Waals surface area contributed by atoms with E-state index in [4.69, 9.17) is 29.3 Å². The fourth-order valence-corrected chi connectivity index (χ4v) is 3.53. The summed E-state index contributed by atoms with van der Waals surface area (Å²) in [5, 5.41) is 14.2. The van der Waals surface area contributed by atoms with Crippen LogP contribution >= 0.6 is 0 Å². The van der Waals surface area contributed by atoms with Crippen LogP contribution in [-0.4, -0.2) is 80.2 Å². The van der Waals surface area contributed by atoms with Gasteiger partial charge in [-0.2, -0.15) is 26.3 Å². The number of alkyl halides is 6. The number of rotatable bonds is 5. The fraction of sp³-hybridized carbons (Fsp3) is 0.545. The van der Waals surface area contributed by atoms with Gasteiger partial charge in [-0.05, 0) is 30.9 Å². The lowest BCUT2D eigenvalue weighted by atomic mass is 10.1. The first-order chi connectivity index (χ1) is 17.8. The van der Waals surface area contributed by atoms with Gasteiger partial charge in [-0.1, -0.05) is 0 Å². The molecule has 0 amide bonds. The summed E-state index contributed by atoms with van der Waals surface area (Å²) in [4.78, 5) is 29.0. The average molecular weight is 556 g/mol. The molecule has 2 aromatic rings. The monoisotopic (exact) mass is 556 g/mol. The summed E-state index contributed by atoms with van der Waals surface area (Å²) in [7, 11) is 0. The third-order valence-corrected chi connectivity index (χ3v) is 5.31. The highest BCUT2D eigenvalue weighted by Crippen LogP contribution is 2.21. The number of fused-ring (bicyclic) bond motifs is 1. The van der Waals surface area contributed by atoms with Crippen LogP contribution in [0.2, 0.25) is 0 Å². The van der Waals surface area contributed by atoms with Crippen LogP contribution in [-0.2, 0) is 34.0 Å². The van der Waals surface area contributed by atoms with E-state index >= 15 is 0 Å². The van der Waals surface area contributed by atoms with E-state index < -0.39 is 24.3 Å². The summed E-state index contributed by atoms with van der Waals surface area (Å²) in [6, 6.07) is 3.81. The molecule has 1 unspecified atom stereocenters. The van der Waals surface area contributed by atoms with Crippen molar-refractivity contribution in [3.8, 4) is 5.75 Å². The number of imidazole rings is 1. The molecule has 212 valence electrons. The largest absolute Gasteiger partial charge is 0.490 e. The highest BCUT2D eigenvalue weighted by atomic mass is 19.4. The molecule has 0 aliphatic carbocycles. The number of carboxylic acid groups (broad SMARTS) is 2. The third-order valence-electron chi connectivity index (χ3n) is 5.31. The first-order valence-corrected chi connectivity index (χ1v) is 11.2. The van der Waals surface area contributed by atoms with Crippen molar-refractivity contribution in [1.29, 1.82) is 0 Å². The van der Waals surface area contributed by atoms with Gasteiger partial charge >= 0.3 is 24.3 Å². The van der Waals surface area contributed by atoms with Gasteiger partial charge in [0.25, 0.3) is 0 Å². The smallest absolute Gasteiger partial charge is 0.486 e. The Bertz CT molecular complexity index is 1000. The number of hydrogen-bond acceptors (Lipinski definition) is 7. The molecule has 2 aliphatic rings. The van der Waals surface area contributed by atoms with Gasteiger partial charge in [-0.25, -0.2) is 14.6 Å². The summed E-state index contributed by atoms with van der Waals surface area (Å²) in [5.74, 6) is -4.05. The molecule has 1 atom stereocenters. The first kappa shape index (κ1) is 30.8. The Balaban J connectivity index is 0.000000301. The summed E-state index contributed by atoms with van der Waals surface area (Å²) in [5.41, 5.74) is 2.32. The van der Waals surface area contributed by atoms with Gasteiger partial charge in [0.1, 0.15) is 18.1 Å². The number of carbonyl (C=O) groups is 2. The molecule has 4 rings (SSSR count). The minimum Gasteiger partial charge on any atom is -0.486 e. The molecular formula is C22H26F6N4O6. The van der Waals surface area contributed by atoms with Crippen molar-refractivity contribution in [3.63, 3.8) is 0 Å². The number of aliphatic carboxylic acids is 2. The highest BCUT2D eigenvalue weighted by Gasteiger charge is 2.38. The highest BCUT2D eigenvalue weighted by molar-refractivity contribution is 5.73. The van der Waals surface area contributed by atoms with Crippen LogP contribution < -0.4 is 4.74 Å². The van der Waals surface area contributed by atoms with E-state index in [9.17, 15) is 26.3 Å². The van der Waals surface area contributed by atoms with Gasteiger partial charge in [-0.3, -0.25) is 9.88 Å². The number of ether oxygens (including phenoxy) is 2. The van der Waals surface area contributed by atoms with Crippen LogP contribution in [0.15, 0.2) is 30.9 Å². The van der Waals surface area contributed by atoms with Crippen molar-refractivity contribution < 1.29 is 55.6 Å². The molecule has 2 aromatic heterocycles. The van der Waals surface area contributed by atoms with E-state index in [1.807, 2.05) is 18.5 Å². The molecule has 0 bridgehead atoms. The number of hydrogen-bond donors (Lipinski definition) is 2. The van der Waals surface area contributed by atoms with E-state index in [0.29, 0.717) is 12.5 Å². The van der Waals surface area contributed by atoms with E-state index in [0.717, 1.165) is 50.8 Å². The maximum Gasteiger partial charge on any atom is 0.490 e.